The van der Waals surface area contributed by atoms with Gasteiger partial charge in [0.05, 0.1) is 18.2 Å². The Morgan fingerprint density at radius 2 is 2.24 bits per heavy atom. The van der Waals surface area contributed by atoms with Crippen molar-refractivity contribution in [3.63, 3.8) is 0 Å². The minimum Gasteiger partial charge on any atom is -0.345 e. The van der Waals surface area contributed by atoms with E-state index in [4.69, 9.17) is 0 Å². The van der Waals surface area contributed by atoms with Gasteiger partial charge in [-0.25, -0.2) is 15.0 Å². The van der Waals surface area contributed by atoms with Gasteiger partial charge in [0.15, 0.2) is 0 Å². The van der Waals surface area contributed by atoms with E-state index in [1.165, 1.54) is 5.56 Å². The van der Waals surface area contributed by atoms with Gasteiger partial charge in [-0.1, -0.05) is 6.07 Å². The average molecular weight is 388 g/mol. The molecule has 0 radical (unpaired) electrons. The van der Waals surface area contributed by atoms with Crippen molar-refractivity contribution in [3.05, 3.63) is 72.1 Å². The van der Waals surface area contributed by atoms with Crippen LogP contribution in [0.1, 0.15) is 35.6 Å². The summed E-state index contributed by atoms with van der Waals surface area (Å²) in [7, 11) is 0. The van der Waals surface area contributed by atoms with Crippen LogP contribution in [0.25, 0.3) is 6.08 Å². The van der Waals surface area contributed by atoms with Crippen molar-refractivity contribution in [2.75, 3.05) is 18.4 Å². The van der Waals surface area contributed by atoms with Gasteiger partial charge < -0.3 is 15.2 Å². The molecule has 4 rings (SSSR count). The number of nitrogens with one attached hydrogen (secondary N) is 2. The summed E-state index contributed by atoms with van der Waals surface area (Å²) in [6, 6.07) is 8.03. The van der Waals surface area contributed by atoms with Crippen LogP contribution in [-0.2, 0) is 4.79 Å². The second kappa shape index (κ2) is 8.68. The van der Waals surface area contributed by atoms with Crippen molar-refractivity contribution in [1.82, 2.24) is 24.8 Å². The molecule has 148 valence electrons. The van der Waals surface area contributed by atoms with Crippen molar-refractivity contribution in [1.29, 1.82) is 0 Å². The minimum absolute atomic E-state index is 0.0285. The van der Waals surface area contributed by atoms with Gasteiger partial charge in [0, 0.05) is 37.5 Å². The lowest BCUT2D eigenvalue weighted by atomic mass is 9.91. The van der Waals surface area contributed by atoms with Crippen LogP contribution in [-0.4, -0.2) is 43.8 Å². The number of aromatic nitrogens is 4. The minimum atomic E-state index is 0.0285. The third-order valence-corrected chi connectivity index (χ3v) is 5.17. The highest BCUT2D eigenvalue weighted by atomic mass is 16.2. The monoisotopic (exact) mass is 388 g/mol. The van der Waals surface area contributed by atoms with Crippen molar-refractivity contribution >= 4 is 23.6 Å². The fraction of sp³-hybridized carbons (Fsp3) is 0.273. The summed E-state index contributed by atoms with van der Waals surface area (Å²) in [5.41, 5.74) is 3.07. The van der Waals surface area contributed by atoms with E-state index >= 15 is 0 Å². The predicted molar refractivity (Wildman–Crippen MR) is 113 cm³/mol. The number of aryl methyl sites for hydroxylation is 1. The Bertz CT molecular complexity index is 998. The van der Waals surface area contributed by atoms with Crippen LogP contribution in [0.2, 0.25) is 0 Å². The molecule has 0 aliphatic carbocycles. The van der Waals surface area contributed by atoms with Gasteiger partial charge in [-0.15, -0.1) is 0 Å². The molecule has 7 nitrogen and oxygen atoms in total. The molecule has 29 heavy (non-hydrogen) atoms. The average Bonchev–Trinajstić information content (AvgIpc) is 3.28. The number of amides is 1. The third kappa shape index (κ3) is 4.68. The Labute approximate surface area is 169 Å². The first-order chi connectivity index (χ1) is 14.2. The Hall–Kier alpha value is -3.48. The van der Waals surface area contributed by atoms with E-state index < -0.39 is 0 Å². The SMILES string of the molecule is Cc1cccnc1Nc1cc([C@@H]2CCCN(C(=O)/C=C/c3cnc[nH]3)C2)ccn1. The summed E-state index contributed by atoms with van der Waals surface area (Å²) in [5.74, 6) is 1.90. The van der Waals surface area contributed by atoms with E-state index in [2.05, 4.69) is 31.3 Å². The molecule has 0 unspecified atom stereocenters. The van der Waals surface area contributed by atoms with Gasteiger partial charge in [0.1, 0.15) is 11.6 Å². The van der Waals surface area contributed by atoms with E-state index in [0.29, 0.717) is 12.5 Å². The zero-order chi connectivity index (χ0) is 20.1. The molecule has 1 aliphatic heterocycles. The summed E-state index contributed by atoms with van der Waals surface area (Å²) < 4.78 is 0. The largest absolute Gasteiger partial charge is 0.345 e. The van der Waals surface area contributed by atoms with Crippen LogP contribution in [0.5, 0.6) is 0 Å². The van der Waals surface area contributed by atoms with E-state index in [-0.39, 0.29) is 5.91 Å². The Kier molecular flexibility index (Phi) is 5.65. The number of imidazole rings is 1. The summed E-state index contributed by atoms with van der Waals surface area (Å²) in [5, 5.41) is 3.30. The summed E-state index contributed by atoms with van der Waals surface area (Å²) in [6.45, 7) is 3.50. The Morgan fingerprint density at radius 1 is 1.31 bits per heavy atom. The summed E-state index contributed by atoms with van der Waals surface area (Å²) in [4.78, 5) is 30.2. The lowest BCUT2D eigenvalue weighted by molar-refractivity contribution is -0.127. The molecule has 0 aromatic carbocycles. The maximum atomic E-state index is 12.6. The first kappa shape index (κ1) is 18.9. The highest BCUT2D eigenvalue weighted by molar-refractivity contribution is 5.91. The lowest BCUT2D eigenvalue weighted by Crippen LogP contribution is -2.38. The number of nitrogens with zero attached hydrogens (tertiary/aromatic N) is 4. The van der Waals surface area contributed by atoms with Crippen LogP contribution in [0, 0.1) is 6.92 Å². The van der Waals surface area contributed by atoms with Crippen LogP contribution in [0.3, 0.4) is 0 Å². The maximum absolute atomic E-state index is 12.6. The highest BCUT2D eigenvalue weighted by Crippen LogP contribution is 2.28. The smallest absolute Gasteiger partial charge is 0.246 e. The quantitative estimate of drug-likeness (QED) is 0.651. The summed E-state index contributed by atoms with van der Waals surface area (Å²) in [6.07, 6.45) is 12.3. The second-order valence-electron chi connectivity index (χ2n) is 7.23. The van der Waals surface area contributed by atoms with Gasteiger partial charge in [0.25, 0.3) is 0 Å². The molecular formula is C22H24N6O. The number of aromatic amines is 1. The van der Waals surface area contributed by atoms with E-state index in [9.17, 15) is 4.79 Å². The van der Waals surface area contributed by atoms with Gasteiger partial charge in [-0.2, -0.15) is 0 Å². The number of hydrogen-bond donors (Lipinski definition) is 2. The number of carbonyl (C=O) groups excluding carboxylic acids is 1. The molecule has 4 heterocycles. The van der Waals surface area contributed by atoms with E-state index in [0.717, 1.165) is 42.3 Å². The van der Waals surface area contributed by atoms with Gasteiger partial charge >= 0.3 is 0 Å². The number of piperidine rings is 1. The molecule has 1 fully saturated rings. The molecule has 1 atom stereocenters. The first-order valence-electron chi connectivity index (χ1n) is 9.79. The van der Waals surface area contributed by atoms with E-state index in [1.54, 1.807) is 30.9 Å². The number of H-pyrrole nitrogens is 1. The molecule has 1 amide bonds. The standard InChI is InChI=1S/C22H24N6O/c1-16-4-2-9-25-22(16)27-20-12-17(8-10-24-20)18-5-3-11-28(14-18)21(29)7-6-19-13-23-15-26-19/h2,4,6-10,12-13,15,18H,3,5,11,14H2,1H3,(H,23,26)(H,24,25,27)/b7-6+/t18-/m1/s1. The third-order valence-electron chi connectivity index (χ3n) is 5.17. The van der Waals surface area contributed by atoms with Crippen molar-refractivity contribution in [2.45, 2.75) is 25.7 Å². The molecule has 1 aliphatic rings. The maximum Gasteiger partial charge on any atom is 0.246 e. The van der Waals surface area contributed by atoms with Crippen molar-refractivity contribution in [2.24, 2.45) is 0 Å². The first-order valence-corrected chi connectivity index (χ1v) is 9.79. The molecule has 2 N–H and O–H groups in total. The van der Waals surface area contributed by atoms with Crippen LogP contribution < -0.4 is 5.32 Å². The molecular weight excluding hydrogens is 364 g/mol. The number of anilines is 2. The molecule has 0 saturated carbocycles. The van der Waals surface area contributed by atoms with Crippen LogP contribution >= 0.6 is 0 Å². The van der Waals surface area contributed by atoms with Crippen molar-refractivity contribution < 1.29 is 4.79 Å². The number of pyridine rings is 2. The Morgan fingerprint density at radius 3 is 3.07 bits per heavy atom. The molecule has 0 spiro atoms. The van der Waals surface area contributed by atoms with E-state index in [1.807, 2.05) is 36.2 Å². The fourth-order valence-electron chi connectivity index (χ4n) is 3.58. The number of likely N-dealkylation sites (tertiary alicyclic amines) is 1. The zero-order valence-electron chi connectivity index (χ0n) is 16.4. The van der Waals surface area contributed by atoms with Crippen LogP contribution in [0.4, 0.5) is 11.6 Å². The van der Waals surface area contributed by atoms with Gasteiger partial charge in [-0.3, -0.25) is 4.79 Å². The number of rotatable bonds is 5. The number of carbonyl (C=O) groups is 1. The zero-order valence-corrected chi connectivity index (χ0v) is 16.4. The molecule has 3 aromatic rings. The molecule has 3 aromatic heterocycles. The van der Waals surface area contributed by atoms with Crippen LogP contribution in [0.15, 0.2) is 55.3 Å². The Balaban J connectivity index is 1.44. The lowest BCUT2D eigenvalue weighted by Gasteiger charge is -2.32. The second-order valence-corrected chi connectivity index (χ2v) is 7.23. The molecule has 0 bridgehead atoms. The fourth-order valence-corrected chi connectivity index (χ4v) is 3.58. The summed E-state index contributed by atoms with van der Waals surface area (Å²) >= 11 is 0. The highest BCUT2D eigenvalue weighted by Gasteiger charge is 2.24. The molecule has 1 saturated heterocycles. The predicted octanol–water partition coefficient (Wildman–Crippen LogP) is 3.67. The normalized spacial score (nSPS) is 16.9. The van der Waals surface area contributed by atoms with Gasteiger partial charge in [0.2, 0.25) is 5.91 Å². The topological polar surface area (TPSA) is 86.8 Å². The van der Waals surface area contributed by atoms with Gasteiger partial charge in [-0.05, 0) is 55.2 Å². The molecule has 7 heteroatoms. The number of hydrogen-bond acceptors (Lipinski definition) is 5. The van der Waals surface area contributed by atoms with Crippen molar-refractivity contribution in [3.8, 4) is 0 Å².